The maximum Gasteiger partial charge on any atom is 0.343 e. The van der Waals surface area contributed by atoms with Crippen molar-refractivity contribution in [2.75, 3.05) is 5.43 Å². The van der Waals surface area contributed by atoms with E-state index in [2.05, 4.69) is 62.6 Å². The van der Waals surface area contributed by atoms with E-state index >= 15 is 0 Å². The molecule has 154 valence electrons. The Morgan fingerprint density at radius 1 is 1.03 bits per heavy atom. The molecule has 0 fully saturated rings. The summed E-state index contributed by atoms with van der Waals surface area (Å²) in [6.07, 6.45) is 1.69. The average molecular weight is 492 g/mol. The van der Waals surface area contributed by atoms with Gasteiger partial charge in [0.25, 0.3) is 0 Å². The first kappa shape index (κ1) is 21.0. The van der Waals surface area contributed by atoms with Crippen LogP contribution < -0.4 is 10.2 Å². The fourth-order valence-electron chi connectivity index (χ4n) is 2.72. The van der Waals surface area contributed by atoms with E-state index in [1.165, 1.54) is 16.9 Å². The Kier molecular flexibility index (Phi) is 6.54. The van der Waals surface area contributed by atoms with Crippen LogP contribution in [0.5, 0.6) is 5.75 Å². The zero-order valence-corrected chi connectivity index (χ0v) is 19.0. The van der Waals surface area contributed by atoms with Crippen molar-refractivity contribution >= 4 is 44.6 Å². The normalized spacial score (nSPS) is 10.9. The third kappa shape index (κ3) is 5.65. The van der Waals surface area contributed by atoms with Crippen LogP contribution in [0, 0.1) is 6.92 Å². The molecule has 0 atom stereocenters. The number of anilines is 1. The Balaban J connectivity index is 1.33. The predicted molar refractivity (Wildman–Crippen MR) is 129 cm³/mol. The monoisotopic (exact) mass is 491 g/mol. The molecule has 0 unspecified atom stereocenters. The van der Waals surface area contributed by atoms with Gasteiger partial charge in [-0.05, 0) is 61.0 Å². The van der Waals surface area contributed by atoms with Crippen molar-refractivity contribution in [3.8, 4) is 17.0 Å². The first-order valence-electron chi connectivity index (χ1n) is 9.46. The number of rotatable bonds is 6. The van der Waals surface area contributed by atoms with E-state index in [0.717, 1.165) is 21.3 Å². The van der Waals surface area contributed by atoms with Crippen molar-refractivity contribution in [2.24, 2.45) is 5.10 Å². The molecule has 7 heteroatoms. The number of esters is 1. The number of hydrogen-bond acceptors (Lipinski definition) is 6. The Hall–Kier alpha value is -3.29. The van der Waals surface area contributed by atoms with Gasteiger partial charge in [0.2, 0.25) is 5.13 Å². The molecule has 0 bridgehead atoms. The van der Waals surface area contributed by atoms with Gasteiger partial charge in [0.1, 0.15) is 5.75 Å². The van der Waals surface area contributed by atoms with Gasteiger partial charge >= 0.3 is 5.97 Å². The number of benzene rings is 3. The zero-order chi connectivity index (χ0) is 21.6. The number of aromatic nitrogens is 1. The summed E-state index contributed by atoms with van der Waals surface area (Å²) in [6, 6.07) is 22.4. The Labute approximate surface area is 192 Å². The smallest absolute Gasteiger partial charge is 0.343 e. The number of halogens is 1. The summed E-state index contributed by atoms with van der Waals surface area (Å²) in [6.45, 7) is 2.06. The predicted octanol–water partition coefficient (Wildman–Crippen LogP) is 6.55. The minimum atomic E-state index is -0.399. The molecule has 5 nitrogen and oxygen atoms in total. The third-order valence-electron chi connectivity index (χ3n) is 4.40. The van der Waals surface area contributed by atoms with E-state index < -0.39 is 5.97 Å². The largest absolute Gasteiger partial charge is 0.423 e. The SMILES string of the molecule is Cc1ccc(-c2csc(N/N=C\c3ccc(OC(=O)c4ccc(Br)cc4)cc3)n2)cc1. The number of nitrogens with one attached hydrogen (secondary N) is 1. The van der Waals surface area contributed by atoms with Crippen LogP contribution in [0.25, 0.3) is 11.3 Å². The molecular weight excluding hydrogens is 474 g/mol. The molecule has 0 spiro atoms. The van der Waals surface area contributed by atoms with Crippen LogP contribution >= 0.6 is 27.3 Å². The fraction of sp³-hybridized carbons (Fsp3) is 0.0417. The number of hydrazone groups is 1. The van der Waals surface area contributed by atoms with Gasteiger partial charge < -0.3 is 4.74 Å². The molecule has 0 saturated carbocycles. The van der Waals surface area contributed by atoms with Crippen LogP contribution in [0.15, 0.2) is 87.8 Å². The van der Waals surface area contributed by atoms with E-state index in [1.54, 1.807) is 42.6 Å². The first-order chi connectivity index (χ1) is 15.1. The molecule has 0 saturated heterocycles. The number of carbonyl (C=O) groups excluding carboxylic acids is 1. The molecule has 4 aromatic rings. The number of nitrogens with zero attached hydrogens (tertiary/aromatic N) is 2. The lowest BCUT2D eigenvalue weighted by molar-refractivity contribution is 0.0734. The highest BCUT2D eigenvalue weighted by Crippen LogP contribution is 2.25. The Morgan fingerprint density at radius 3 is 2.45 bits per heavy atom. The summed E-state index contributed by atoms with van der Waals surface area (Å²) in [5, 5.41) is 6.95. The summed E-state index contributed by atoms with van der Waals surface area (Å²) >= 11 is 4.84. The molecule has 1 heterocycles. The van der Waals surface area contributed by atoms with E-state index in [-0.39, 0.29) is 0 Å². The van der Waals surface area contributed by atoms with E-state index in [0.29, 0.717) is 16.4 Å². The van der Waals surface area contributed by atoms with Gasteiger partial charge in [-0.2, -0.15) is 5.10 Å². The summed E-state index contributed by atoms with van der Waals surface area (Å²) in [7, 11) is 0. The fourth-order valence-corrected chi connectivity index (χ4v) is 3.65. The standard InChI is InChI=1S/C24H18BrN3O2S/c1-16-2-6-18(7-3-16)22-15-31-24(27-22)28-26-14-17-4-12-21(13-5-17)30-23(29)19-8-10-20(25)11-9-19/h2-15H,1H3,(H,27,28)/b26-14-. The number of ether oxygens (including phenoxy) is 1. The van der Waals surface area contributed by atoms with Crippen LogP contribution in [0.2, 0.25) is 0 Å². The molecule has 0 radical (unpaired) electrons. The first-order valence-corrected chi connectivity index (χ1v) is 11.1. The Bertz CT molecular complexity index is 1200. The van der Waals surface area contributed by atoms with E-state index in [4.69, 9.17) is 4.74 Å². The highest BCUT2D eigenvalue weighted by molar-refractivity contribution is 9.10. The molecular formula is C24H18BrN3O2S. The Morgan fingerprint density at radius 2 is 1.74 bits per heavy atom. The van der Waals surface area contributed by atoms with Crippen molar-refractivity contribution in [1.29, 1.82) is 0 Å². The third-order valence-corrected chi connectivity index (χ3v) is 5.67. The second-order valence-electron chi connectivity index (χ2n) is 6.74. The number of thiazole rings is 1. The summed E-state index contributed by atoms with van der Waals surface area (Å²) in [5.41, 5.74) is 7.53. The van der Waals surface area contributed by atoms with Crippen molar-refractivity contribution < 1.29 is 9.53 Å². The highest BCUT2D eigenvalue weighted by atomic mass is 79.9. The molecule has 0 amide bonds. The van der Waals surface area contributed by atoms with Gasteiger partial charge in [-0.15, -0.1) is 11.3 Å². The molecule has 4 rings (SSSR count). The maximum absolute atomic E-state index is 12.2. The molecule has 0 aliphatic heterocycles. The highest BCUT2D eigenvalue weighted by Gasteiger charge is 2.08. The number of carbonyl (C=O) groups is 1. The molecule has 3 aromatic carbocycles. The van der Waals surface area contributed by atoms with Crippen molar-refractivity contribution in [2.45, 2.75) is 6.92 Å². The lowest BCUT2D eigenvalue weighted by Gasteiger charge is -2.04. The van der Waals surface area contributed by atoms with Gasteiger partial charge in [-0.1, -0.05) is 45.8 Å². The van der Waals surface area contributed by atoms with Gasteiger partial charge in [0.15, 0.2) is 0 Å². The van der Waals surface area contributed by atoms with E-state index in [1.807, 2.05) is 17.5 Å². The maximum atomic E-state index is 12.2. The van der Waals surface area contributed by atoms with Crippen LogP contribution in [0.3, 0.4) is 0 Å². The summed E-state index contributed by atoms with van der Waals surface area (Å²) in [4.78, 5) is 16.7. The summed E-state index contributed by atoms with van der Waals surface area (Å²) < 4.78 is 6.31. The lowest BCUT2D eigenvalue weighted by atomic mass is 10.1. The second kappa shape index (κ2) is 9.68. The minimum Gasteiger partial charge on any atom is -0.423 e. The molecule has 1 aromatic heterocycles. The van der Waals surface area contributed by atoms with Crippen LogP contribution in [0.4, 0.5) is 5.13 Å². The zero-order valence-electron chi connectivity index (χ0n) is 16.6. The molecule has 0 aliphatic rings. The number of aryl methyl sites for hydroxylation is 1. The molecule has 1 N–H and O–H groups in total. The van der Waals surface area contributed by atoms with Crippen molar-refractivity contribution in [3.63, 3.8) is 0 Å². The summed E-state index contributed by atoms with van der Waals surface area (Å²) in [5.74, 6) is 0.0735. The van der Waals surface area contributed by atoms with Gasteiger partial charge in [0, 0.05) is 15.4 Å². The van der Waals surface area contributed by atoms with Crippen LogP contribution in [-0.4, -0.2) is 17.2 Å². The minimum absolute atomic E-state index is 0.399. The average Bonchev–Trinajstić information content (AvgIpc) is 3.25. The van der Waals surface area contributed by atoms with Crippen LogP contribution in [0.1, 0.15) is 21.5 Å². The lowest BCUT2D eigenvalue weighted by Crippen LogP contribution is -2.08. The van der Waals surface area contributed by atoms with Crippen LogP contribution in [-0.2, 0) is 0 Å². The quantitative estimate of drug-likeness (QED) is 0.144. The molecule has 31 heavy (non-hydrogen) atoms. The van der Waals surface area contributed by atoms with E-state index in [9.17, 15) is 4.79 Å². The van der Waals surface area contributed by atoms with Crippen molar-refractivity contribution in [1.82, 2.24) is 4.98 Å². The number of hydrogen-bond donors (Lipinski definition) is 1. The van der Waals surface area contributed by atoms with Gasteiger partial charge in [-0.3, -0.25) is 5.43 Å². The van der Waals surface area contributed by atoms with Gasteiger partial charge in [0.05, 0.1) is 17.5 Å². The van der Waals surface area contributed by atoms with Gasteiger partial charge in [-0.25, -0.2) is 9.78 Å². The second-order valence-corrected chi connectivity index (χ2v) is 8.51. The van der Waals surface area contributed by atoms with Crippen molar-refractivity contribution in [3.05, 3.63) is 99.3 Å². The topological polar surface area (TPSA) is 63.6 Å². The molecule has 0 aliphatic carbocycles.